The Morgan fingerprint density at radius 1 is 1.02 bits per heavy atom. The summed E-state index contributed by atoms with van der Waals surface area (Å²) in [4.78, 5) is 28.7. The number of amides is 1. The molecule has 49 heavy (non-hydrogen) atoms. The van der Waals surface area contributed by atoms with Gasteiger partial charge in [0.2, 0.25) is 0 Å². The summed E-state index contributed by atoms with van der Waals surface area (Å²) < 4.78 is 63.5. The summed E-state index contributed by atoms with van der Waals surface area (Å²) in [6.45, 7) is 4.27. The average molecular weight is 737 g/mol. The number of thiocarbonyl (C=S) groups is 1. The summed E-state index contributed by atoms with van der Waals surface area (Å²) in [6, 6.07) is 12.4. The van der Waals surface area contributed by atoms with E-state index in [1.165, 1.54) is 36.3 Å². The molecule has 15 heteroatoms. The number of carbonyl (C=O) groups excluding carboxylic acids is 1. The Labute approximate surface area is 295 Å². The van der Waals surface area contributed by atoms with Crippen molar-refractivity contribution in [1.82, 2.24) is 9.80 Å². The number of methoxy groups -OCH3 is 1. The van der Waals surface area contributed by atoms with Crippen molar-refractivity contribution in [3.63, 3.8) is 0 Å². The minimum atomic E-state index is -4.55. The fraction of sp³-hybridized carbons (Fsp3) is 0.324. The molecule has 5 rings (SSSR count). The molecule has 2 fully saturated rings. The summed E-state index contributed by atoms with van der Waals surface area (Å²) >= 11 is 13.0. The van der Waals surface area contributed by atoms with E-state index in [4.69, 9.17) is 42.8 Å². The smallest absolute Gasteiger partial charge is 0.416 e. The number of morpholine rings is 1. The molecule has 0 radical (unpaired) electrons. The number of carbonyl (C=O) groups is 2. The molecule has 0 unspecified atom stereocenters. The van der Waals surface area contributed by atoms with Gasteiger partial charge in [0.1, 0.15) is 16.7 Å². The Bertz CT molecular complexity index is 1750. The third-order valence-corrected chi connectivity index (χ3v) is 9.45. The van der Waals surface area contributed by atoms with Crippen molar-refractivity contribution >= 4 is 57.9 Å². The maximum atomic E-state index is 13.5. The van der Waals surface area contributed by atoms with Crippen molar-refractivity contribution < 1.29 is 46.8 Å². The molecule has 3 aromatic carbocycles. The Morgan fingerprint density at radius 3 is 2.47 bits per heavy atom. The number of halogens is 4. The van der Waals surface area contributed by atoms with Crippen LogP contribution >= 0.6 is 35.6 Å². The molecule has 2 aliphatic heterocycles. The Kier molecular flexibility index (Phi) is 12.1. The predicted octanol–water partition coefficient (Wildman–Crippen LogP) is 7.11. The molecule has 0 aromatic heterocycles. The van der Waals surface area contributed by atoms with Crippen molar-refractivity contribution in [2.24, 2.45) is 0 Å². The van der Waals surface area contributed by atoms with Crippen LogP contribution in [0.1, 0.15) is 27.9 Å². The number of hydrogen-bond acceptors (Lipinski definition) is 9. The second kappa shape index (κ2) is 16.3. The van der Waals surface area contributed by atoms with Crippen LogP contribution in [0.25, 0.3) is 17.2 Å². The molecular weight excluding hydrogens is 705 g/mol. The van der Waals surface area contributed by atoms with Gasteiger partial charge in [0.25, 0.3) is 5.91 Å². The van der Waals surface area contributed by atoms with Crippen LogP contribution < -0.4 is 14.2 Å². The maximum absolute atomic E-state index is 13.5. The average Bonchev–Trinajstić information content (AvgIpc) is 3.34. The van der Waals surface area contributed by atoms with E-state index in [2.05, 4.69) is 4.90 Å². The van der Waals surface area contributed by atoms with Gasteiger partial charge < -0.3 is 24.1 Å². The van der Waals surface area contributed by atoms with E-state index < -0.39 is 17.7 Å². The van der Waals surface area contributed by atoms with Crippen LogP contribution in [0.5, 0.6) is 17.2 Å². The summed E-state index contributed by atoms with van der Waals surface area (Å²) in [5.74, 6) is -0.350. The lowest BCUT2D eigenvalue weighted by atomic mass is 9.99. The molecule has 0 bridgehead atoms. The van der Waals surface area contributed by atoms with Crippen LogP contribution in [0.4, 0.5) is 13.2 Å². The lowest BCUT2D eigenvalue weighted by Crippen LogP contribution is -2.38. The Hall–Kier alpha value is -3.82. The van der Waals surface area contributed by atoms with Crippen LogP contribution in [0.2, 0.25) is 5.02 Å². The highest BCUT2D eigenvalue weighted by molar-refractivity contribution is 8.26. The molecular formula is C34H32ClF3N2O7S2. The van der Waals surface area contributed by atoms with Gasteiger partial charge in [-0.3, -0.25) is 14.6 Å². The maximum Gasteiger partial charge on any atom is 0.416 e. The van der Waals surface area contributed by atoms with E-state index in [1.807, 2.05) is 0 Å². The second-order valence-electron chi connectivity index (χ2n) is 11.0. The van der Waals surface area contributed by atoms with Crippen LogP contribution in [0.15, 0.2) is 59.5 Å². The van der Waals surface area contributed by atoms with Crippen LogP contribution in [0.3, 0.4) is 0 Å². The summed E-state index contributed by atoms with van der Waals surface area (Å²) in [5, 5.41) is 9.35. The molecule has 1 N–H and O–H groups in total. The van der Waals surface area contributed by atoms with Gasteiger partial charge in [-0.25, -0.2) is 4.79 Å². The van der Waals surface area contributed by atoms with E-state index in [-0.39, 0.29) is 41.0 Å². The number of rotatable bonds is 13. The highest BCUT2D eigenvalue weighted by atomic mass is 35.5. The van der Waals surface area contributed by atoms with Gasteiger partial charge >= 0.3 is 12.1 Å². The number of alkyl halides is 3. The van der Waals surface area contributed by atoms with Gasteiger partial charge in [-0.2, -0.15) is 13.2 Å². The number of ether oxygens (including phenoxy) is 4. The third-order valence-electron chi connectivity index (χ3n) is 7.74. The number of carboxylic acid groups (broad SMARTS) is 1. The van der Waals surface area contributed by atoms with Gasteiger partial charge in [0, 0.05) is 42.3 Å². The molecule has 9 nitrogen and oxygen atoms in total. The fourth-order valence-corrected chi connectivity index (χ4v) is 6.68. The van der Waals surface area contributed by atoms with Crippen LogP contribution in [-0.4, -0.2) is 90.8 Å². The lowest BCUT2D eigenvalue weighted by Gasteiger charge is -2.26. The number of thioether (sulfide) groups is 1. The summed E-state index contributed by atoms with van der Waals surface area (Å²) in [6.07, 6.45) is -2.52. The first kappa shape index (κ1) is 36.5. The lowest BCUT2D eigenvalue weighted by molar-refractivity contribution is -0.137. The zero-order valence-corrected chi connectivity index (χ0v) is 28.6. The van der Waals surface area contributed by atoms with Gasteiger partial charge in [-0.05, 0) is 66.6 Å². The van der Waals surface area contributed by atoms with Gasteiger partial charge in [0.15, 0.2) is 11.5 Å². The van der Waals surface area contributed by atoms with Gasteiger partial charge in [-0.1, -0.05) is 41.6 Å². The van der Waals surface area contributed by atoms with Crippen molar-refractivity contribution in [3.8, 4) is 28.4 Å². The normalized spacial score (nSPS) is 16.3. The van der Waals surface area contributed by atoms with Gasteiger partial charge in [0.05, 0.1) is 43.0 Å². The summed E-state index contributed by atoms with van der Waals surface area (Å²) in [7, 11) is 1.41. The molecule has 1 amide bonds. The van der Waals surface area contributed by atoms with Crippen LogP contribution in [0, 0.1) is 0 Å². The first-order valence-electron chi connectivity index (χ1n) is 15.2. The third kappa shape index (κ3) is 9.25. The topological polar surface area (TPSA) is 97.8 Å². The van der Waals surface area contributed by atoms with E-state index in [0.29, 0.717) is 64.6 Å². The molecule has 0 saturated carbocycles. The zero-order valence-electron chi connectivity index (χ0n) is 26.3. The molecule has 0 spiro atoms. The minimum absolute atomic E-state index is 0.0580. The number of carboxylic acids is 1. The predicted molar refractivity (Wildman–Crippen MR) is 185 cm³/mol. The minimum Gasteiger partial charge on any atom is -0.493 e. The number of hydrogen-bond donors (Lipinski definition) is 1. The highest BCUT2D eigenvalue weighted by Gasteiger charge is 2.33. The SMILES string of the molecule is COc1cc(C(=O)O)ccc1OCCCN1C(=O)/C(=C/c2cc(-c3cc(C(F)(F)F)ccc3Cl)ccc2OCCN2CCOCC2)SC1=S. The molecule has 0 atom stereocenters. The second-order valence-corrected chi connectivity index (χ2v) is 13.0. The molecule has 2 heterocycles. The molecule has 2 aliphatic rings. The van der Waals surface area contributed by atoms with E-state index >= 15 is 0 Å². The largest absolute Gasteiger partial charge is 0.493 e. The van der Waals surface area contributed by atoms with E-state index in [1.54, 1.807) is 24.3 Å². The highest BCUT2D eigenvalue weighted by Crippen LogP contribution is 2.39. The molecule has 2 saturated heterocycles. The monoisotopic (exact) mass is 736 g/mol. The van der Waals surface area contributed by atoms with E-state index in [0.717, 1.165) is 37.0 Å². The summed E-state index contributed by atoms with van der Waals surface area (Å²) in [5.41, 5.74) is 0.311. The number of nitrogens with zero attached hydrogens (tertiary/aromatic N) is 2. The van der Waals surface area contributed by atoms with Gasteiger partial charge in [-0.15, -0.1) is 0 Å². The van der Waals surface area contributed by atoms with Crippen molar-refractivity contribution in [3.05, 3.63) is 81.2 Å². The first-order valence-corrected chi connectivity index (χ1v) is 16.8. The Morgan fingerprint density at radius 2 is 1.76 bits per heavy atom. The molecule has 3 aromatic rings. The number of benzene rings is 3. The standard InChI is InChI=1S/C34H32ClF3N2O7S2/c1-44-29-18-22(32(42)43)4-8-28(29)46-13-2-9-40-31(41)30(49-33(40)48)19-23-17-21(25-20-24(34(36,37)38)5-6-26(25)35)3-7-27(23)47-16-12-39-10-14-45-15-11-39/h3-8,17-20H,2,9-16H2,1H3,(H,42,43)/b30-19-. The van der Waals surface area contributed by atoms with Crippen LogP contribution in [-0.2, 0) is 15.7 Å². The molecule has 0 aliphatic carbocycles. The Balaban J connectivity index is 1.33. The van der Waals surface area contributed by atoms with Crippen molar-refractivity contribution in [1.29, 1.82) is 0 Å². The first-order chi connectivity index (χ1) is 23.4. The quantitative estimate of drug-likeness (QED) is 0.111. The van der Waals surface area contributed by atoms with Crippen molar-refractivity contribution in [2.75, 3.05) is 59.7 Å². The zero-order chi connectivity index (χ0) is 35.1. The van der Waals surface area contributed by atoms with Crippen molar-refractivity contribution in [2.45, 2.75) is 12.6 Å². The fourth-order valence-electron chi connectivity index (χ4n) is 5.15. The number of aromatic carboxylic acids is 1. The molecule has 260 valence electrons. The van der Waals surface area contributed by atoms with E-state index in [9.17, 15) is 27.9 Å².